The van der Waals surface area contributed by atoms with Gasteiger partial charge in [-0.1, -0.05) is 13.8 Å². The number of rotatable bonds is 4. The molecule has 2 heterocycles. The van der Waals surface area contributed by atoms with Crippen molar-refractivity contribution in [2.24, 2.45) is 0 Å². The molecule has 0 unspecified atom stereocenters. The van der Waals surface area contributed by atoms with Crippen molar-refractivity contribution < 1.29 is 17.9 Å². The van der Waals surface area contributed by atoms with Gasteiger partial charge in [0.25, 0.3) is 0 Å². The molecular weight excluding hydrogens is 296 g/mol. The standard InChI is InChI=1S/C10H10N4O4S.C2H6/c1-18-9(15)7-19(16,17)10-11-5-3-8(13-10)14-6-2-4-12-14;1-2/h2-6H,7H2,1H3;1-2H3. The Morgan fingerprint density at radius 2 is 2.05 bits per heavy atom. The third kappa shape index (κ3) is 4.35. The summed E-state index contributed by atoms with van der Waals surface area (Å²) >= 11 is 0. The van der Waals surface area contributed by atoms with Crippen molar-refractivity contribution in [2.75, 3.05) is 12.9 Å². The zero-order chi connectivity index (χ0) is 15.9. The van der Waals surface area contributed by atoms with E-state index in [1.54, 1.807) is 12.3 Å². The van der Waals surface area contributed by atoms with Crippen molar-refractivity contribution in [3.63, 3.8) is 0 Å². The first-order valence-electron chi connectivity index (χ1n) is 6.15. The summed E-state index contributed by atoms with van der Waals surface area (Å²) in [5.41, 5.74) is 0. The number of carbonyl (C=O) groups is 1. The molecule has 114 valence electrons. The minimum absolute atomic E-state index is 0.295. The van der Waals surface area contributed by atoms with Crippen LogP contribution >= 0.6 is 0 Å². The number of methoxy groups -OCH3 is 1. The van der Waals surface area contributed by atoms with Crippen molar-refractivity contribution in [1.82, 2.24) is 19.7 Å². The molecule has 0 saturated carbocycles. The van der Waals surface area contributed by atoms with Crippen LogP contribution in [-0.2, 0) is 19.4 Å². The number of carbonyl (C=O) groups excluding carboxylic acids is 1. The molecule has 0 atom stereocenters. The predicted octanol–water partition coefficient (Wildman–Crippen LogP) is 0.635. The first-order valence-corrected chi connectivity index (χ1v) is 7.81. The molecule has 0 aliphatic heterocycles. The van der Waals surface area contributed by atoms with Crippen molar-refractivity contribution in [1.29, 1.82) is 0 Å². The number of ether oxygens (including phenoxy) is 1. The second-order valence-corrected chi connectivity index (χ2v) is 5.37. The molecule has 0 aliphatic rings. The van der Waals surface area contributed by atoms with Gasteiger partial charge in [0.15, 0.2) is 11.6 Å². The highest BCUT2D eigenvalue weighted by atomic mass is 32.2. The van der Waals surface area contributed by atoms with Gasteiger partial charge in [0.2, 0.25) is 15.0 Å². The van der Waals surface area contributed by atoms with E-state index in [0.29, 0.717) is 5.82 Å². The fraction of sp³-hybridized carbons (Fsp3) is 0.333. The topological polar surface area (TPSA) is 104 Å². The largest absolute Gasteiger partial charge is 0.468 e. The minimum Gasteiger partial charge on any atom is -0.468 e. The Hall–Kier alpha value is -2.29. The van der Waals surface area contributed by atoms with Crippen LogP contribution in [0.15, 0.2) is 35.9 Å². The summed E-state index contributed by atoms with van der Waals surface area (Å²) in [6.07, 6.45) is 4.43. The van der Waals surface area contributed by atoms with Crippen LogP contribution < -0.4 is 0 Å². The maximum atomic E-state index is 11.9. The summed E-state index contributed by atoms with van der Waals surface area (Å²) in [5.74, 6) is -1.37. The molecule has 21 heavy (non-hydrogen) atoms. The predicted molar refractivity (Wildman–Crippen MR) is 74.6 cm³/mol. The molecule has 0 radical (unpaired) electrons. The molecular formula is C12H16N4O4S. The van der Waals surface area contributed by atoms with Gasteiger partial charge in [-0.05, 0) is 6.07 Å². The van der Waals surface area contributed by atoms with Crippen LogP contribution in [0.5, 0.6) is 0 Å². The normalized spacial score (nSPS) is 10.4. The number of esters is 1. The van der Waals surface area contributed by atoms with Crippen LogP contribution in [0.4, 0.5) is 0 Å². The van der Waals surface area contributed by atoms with Crippen molar-refractivity contribution >= 4 is 15.8 Å². The van der Waals surface area contributed by atoms with E-state index in [9.17, 15) is 13.2 Å². The van der Waals surface area contributed by atoms with E-state index in [2.05, 4.69) is 19.8 Å². The third-order valence-corrected chi connectivity index (χ3v) is 3.54. The van der Waals surface area contributed by atoms with Gasteiger partial charge in [0, 0.05) is 24.7 Å². The van der Waals surface area contributed by atoms with Crippen LogP contribution in [0.2, 0.25) is 0 Å². The molecule has 0 spiro atoms. The van der Waals surface area contributed by atoms with Crippen LogP contribution in [0, 0.1) is 0 Å². The van der Waals surface area contributed by atoms with E-state index in [1.807, 2.05) is 13.8 Å². The molecule has 2 rings (SSSR count). The Balaban J connectivity index is 0.00000106. The number of nitrogens with zero attached hydrogens (tertiary/aromatic N) is 4. The smallest absolute Gasteiger partial charge is 0.321 e. The van der Waals surface area contributed by atoms with E-state index < -0.39 is 26.7 Å². The van der Waals surface area contributed by atoms with Gasteiger partial charge in [-0.2, -0.15) is 10.1 Å². The maximum Gasteiger partial charge on any atom is 0.321 e. The van der Waals surface area contributed by atoms with Crippen molar-refractivity contribution in [3.05, 3.63) is 30.7 Å². The molecule has 0 aliphatic carbocycles. The summed E-state index contributed by atoms with van der Waals surface area (Å²) < 4.78 is 29.4. The van der Waals surface area contributed by atoms with Gasteiger partial charge < -0.3 is 4.74 Å². The van der Waals surface area contributed by atoms with Gasteiger partial charge in [-0.25, -0.2) is 18.1 Å². The number of hydrogen-bond acceptors (Lipinski definition) is 7. The Morgan fingerprint density at radius 3 is 2.62 bits per heavy atom. The molecule has 2 aromatic rings. The Bertz CT molecular complexity index is 683. The van der Waals surface area contributed by atoms with Crippen molar-refractivity contribution in [3.8, 4) is 5.82 Å². The average Bonchev–Trinajstić information content (AvgIpc) is 3.03. The summed E-state index contributed by atoms with van der Waals surface area (Å²) in [6, 6.07) is 3.18. The highest BCUT2D eigenvalue weighted by Gasteiger charge is 2.23. The molecule has 0 aromatic carbocycles. The van der Waals surface area contributed by atoms with Gasteiger partial charge in [-0.15, -0.1) is 0 Å². The molecule has 8 nitrogen and oxygen atoms in total. The lowest BCUT2D eigenvalue weighted by Gasteiger charge is -2.04. The first-order chi connectivity index (χ1) is 10.0. The maximum absolute atomic E-state index is 11.9. The Kier molecular flexibility index (Phi) is 5.97. The average molecular weight is 312 g/mol. The van der Waals surface area contributed by atoms with Crippen LogP contribution in [-0.4, -0.2) is 47.0 Å². The van der Waals surface area contributed by atoms with Crippen LogP contribution in [0.25, 0.3) is 5.82 Å². The van der Waals surface area contributed by atoms with Gasteiger partial charge in [-0.3, -0.25) is 4.79 Å². The molecule has 0 fully saturated rings. The second kappa shape index (κ2) is 7.48. The highest BCUT2D eigenvalue weighted by molar-refractivity contribution is 7.91. The number of sulfone groups is 1. The zero-order valence-corrected chi connectivity index (χ0v) is 12.7. The number of hydrogen-bond donors (Lipinski definition) is 0. The first kappa shape index (κ1) is 16.8. The van der Waals surface area contributed by atoms with Crippen LogP contribution in [0.1, 0.15) is 13.8 Å². The SMILES string of the molecule is CC.COC(=O)CS(=O)(=O)c1nccc(-n2cccn2)n1. The van der Waals surface area contributed by atoms with E-state index >= 15 is 0 Å². The number of aromatic nitrogens is 4. The van der Waals surface area contributed by atoms with Gasteiger partial charge >= 0.3 is 5.97 Å². The van der Waals surface area contributed by atoms with Crippen molar-refractivity contribution in [2.45, 2.75) is 19.0 Å². The molecule has 2 aromatic heterocycles. The Morgan fingerprint density at radius 1 is 1.33 bits per heavy atom. The third-order valence-electron chi connectivity index (χ3n) is 2.17. The lowest BCUT2D eigenvalue weighted by Crippen LogP contribution is -2.20. The zero-order valence-electron chi connectivity index (χ0n) is 11.9. The van der Waals surface area contributed by atoms with E-state index in [4.69, 9.17) is 0 Å². The highest BCUT2D eigenvalue weighted by Crippen LogP contribution is 2.08. The fourth-order valence-electron chi connectivity index (χ4n) is 1.29. The quantitative estimate of drug-likeness (QED) is 0.602. The Labute approximate surface area is 122 Å². The second-order valence-electron chi connectivity index (χ2n) is 3.48. The molecule has 9 heteroatoms. The molecule has 0 saturated heterocycles. The minimum atomic E-state index is -3.92. The molecule has 0 N–H and O–H groups in total. The van der Waals surface area contributed by atoms with Crippen LogP contribution in [0.3, 0.4) is 0 Å². The van der Waals surface area contributed by atoms with Gasteiger partial charge in [0.05, 0.1) is 7.11 Å². The molecule has 0 amide bonds. The lowest BCUT2D eigenvalue weighted by atomic mass is 10.6. The van der Waals surface area contributed by atoms with Gasteiger partial charge in [0.1, 0.15) is 0 Å². The summed E-state index contributed by atoms with van der Waals surface area (Å²) in [7, 11) is -2.81. The monoisotopic (exact) mass is 312 g/mol. The van der Waals surface area contributed by atoms with E-state index in [-0.39, 0.29) is 0 Å². The van der Waals surface area contributed by atoms with E-state index in [0.717, 1.165) is 7.11 Å². The van der Waals surface area contributed by atoms with E-state index in [1.165, 1.54) is 23.1 Å². The molecule has 0 bridgehead atoms. The lowest BCUT2D eigenvalue weighted by molar-refractivity contribution is -0.137. The summed E-state index contributed by atoms with van der Waals surface area (Å²) in [4.78, 5) is 18.6. The fourth-order valence-corrected chi connectivity index (χ4v) is 2.30. The summed E-state index contributed by atoms with van der Waals surface area (Å²) in [6.45, 7) is 4.00. The summed E-state index contributed by atoms with van der Waals surface area (Å²) in [5, 5.41) is 3.49.